The van der Waals surface area contributed by atoms with Gasteiger partial charge in [0.1, 0.15) is 15.9 Å². The zero-order chi connectivity index (χ0) is 29.5. The molecular formula is C26H36Cl5N5O2. The maximum absolute atomic E-state index is 8.30. The maximum atomic E-state index is 8.30. The van der Waals surface area contributed by atoms with Crippen molar-refractivity contribution in [2.24, 2.45) is 10.3 Å². The van der Waals surface area contributed by atoms with E-state index in [1.807, 2.05) is 27.7 Å². The van der Waals surface area contributed by atoms with Gasteiger partial charge in [-0.2, -0.15) is 0 Å². The van der Waals surface area contributed by atoms with Gasteiger partial charge in [0.25, 0.3) is 0 Å². The summed E-state index contributed by atoms with van der Waals surface area (Å²) in [5, 5.41) is 16.2. The average molecular weight is 628 g/mol. The van der Waals surface area contributed by atoms with Crippen molar-refractivity contribution < 1.29 is 10.0 Å². The Hall–Kier alpha value is -1.61. The average Bonchev–Trinajstić information content (AvgIpc) is 3.23. The standard InChI is InChI=1S/C10H10Cl2N2O.C6H3Cl3N2O.C6H15N.C4H8/c1-10(2)4-8(14-15-10)6-3-7(11)9(12)13-5-6;7-4-1-3(5(8)11-12)2-10-6(4)9;1-4-7(5-2)6-3;1-4(2)3/h3,5H,4H2,1-2H3;1-2,12H;4-6H2,1-3H3;1H2,2-3H3/b;11-5+;;. The fraction of sp³-hybridized carbons (Fsp3) is 0.462. The largest absolute Gasteiger partial charge is 0.410 e. The van der Waals surface area contributed by atoms with Gasteiger partial charge in [0.05, 0.1) is 15.8 Å². The van der Waals surface area contributed by atoms with Crippen molar-refractivity contribution in [2.45, 2.75) is 60.5 Å². The quantitative estimate of drug-likeness (QED) is 0.118. The Labute approximate surface area is 251 Å². The molecule has 0 aliphatic carbocycles. The van der Waals surface area contributed by atoms with Crippen molar-refractivity contribution >= 4 is 68.9 Å². The summed E-state index contributed by atoms with van der Waals surface area (Å²) in [4.78, 5) is 15.3. The summed E-state index contributed by atoms with van der Waals surface area (Å²) < 4.78 is 0. The van der Waals surface area contributed by atoms with Crippen molar-refractivity contribution in [1.82, 2.24) is 14.9 Å². The van der Waals surface area contributed by atoms with Crippen molar-refractivity contribution in [3.63, 3.8) is 0 Å². The molecule has 0 spiro atoms. The first-order valence-corrected chi connectivity index (χ1v) is 13.7. The van der Waals surface area contributed by atoms with Crippen LogP contribution in [0.25, 0.3) is 0 Å². The predicted molar refractivity (Wildman–Crippen MR) is 163 cm³/mol. The molecule has 3 heterocycles. The normalized spacial score (nSPS) is 13.6. The lowest BCUT2D eigenvalue weighted by Crippen LogP contribution is -2.21. The fourth-order valence-corrected chi connectivity index (χ4v) is 3.29. The molecule has 38 heavy (non-hydrogen) atoms. The topological polar surface area (TPSA) is 83.2 Å². The summed E-state index contributed by atoms with van der Waals surface area (Å²) in [6.07, 6.45) is 3.75. The Morgan fingerprint density at radius 1 is 1.00 bits per heavy atom. The number of rotatable bonds is 5. The maximum Gasteiger partial charge on any atom is 0.176 e. The number of pyridine rings is 2. The van der Waals surface area contributed by atoms with Gasteiger partial charge >= 0.3 is 0 Å². The van der Waals surface area contributed by atoms with Crippen molar-refractivity contribution in [1.29, 1.82) is 0 Å². The van der Waals surface area contributed by atoms with Crippen molar-refractivity contribution in [3.8, 4) is 0 Å². The Morgan fingerprint density at radius 3 is 1.82 bits per heavy atom. The third kappa shape index (κ3) is 14.5. The zero-order valence-corrected chi connectivity index (χ0v) is 26.6. The van der Waals surface area contributed by atoms with E-state index in [2.05, 4.69) is 52.5 Å². The second-order valence-corrected chi connectivity index (χ2v) is 10.7. The van der Waals surface area contributed by atoms with Gasteiger partial charge in [-0.05, 0) is 59.5 Å². The molecule has 0 bridgehead atoms. The first-order chi connectivity index (χ1) is 17.7. The molecule has 0 unspecified atom stereocenters. The molecule has 3 rings (SSSR count). The van der Waals surface area contributed by atoms with Crippen LogP contribution in [0, 0.1) is 0 Å². The first kappa shape index (κ1) is 36.4. The summed E-state index contributed by atoms with van der Waals surface area (Å²) in [5.74, 6) is 0. The van der Waals surface area contributed by atoms with E-state index < -0.39 is 0 Å². The molecule has 0 radical (unpaired) electrons. The Balaban J connectivity index is 0.000000532. The van der Waals surface area contributed by atoms with Gasteiger partial charge in [-0.15, -0.1) is 6.58 Å². The molecule has 0 aromatic carbocycles. The van der Waals surface area contributed by atoms with Gasteiger partial charge in [0, 0.05) is 29.9 Å². The van der Waals surface area contributed by atoms with Gasteiger partial charge in [-0.1, -0.05) is 94.7 Å². The second-order valence-electron chi connectivity index (χ2n) is 8.78. The van der Waals surface area contributed by atoms with Gasteiger partial charge in [0.15, 0.2) is 5.17 Å². The monoisotopic (exact) mass is 625 g/mol. The molecule has 1 N–H and O–H groups in total. The molecule has 12 heteroatoms. The lowest BCUT2D eigenvalue weighted by atomic mass is 9.99. The summed E-state index contributed by atoms with van der Waals surface area (Å²) in [6, 6.07) is 3.21. The van der Waals surface area contributed by atoms with E-state index in [1.165, 1.54) is 37.5 Å². The molecule has 1 aliphatic heterocycles. The SMILES string of the molecule is C=C(C)C.CC1(C)CC(c2cnc(Cl)c(Cl)c2)=NO1.CCN(CC)CC.O/N=C(/Cl)c1cnc(Cl)c(Cl)c1. The highest BCUT2D eigenvalue weighted by atomic mass is 35.5. The minimum absolute atomic E-state index is 0.0823. The predicted octanol–water partition coefficient (Wildman–Crippen LogP) is 8.98. The third-order valence-corrected chi connectivity index (χ3v) is 6.26. The van der Waals surface area contributed by atoms with E-state index in [0.717, 1.165) is 17.7 Å². The van der Waals surface area contributed by atoms with Crippen LogP contribution in [0.1, 0.15) is 66.0 Å². The first-order valence-electron chi connectivity index (χ1n) is 11.8. The number of allylic oxidation sites excluding steroid dienone is 1. The molecule has 1 aliphatic rings. The smallest absolute Gasteiger partial charge is 0.176 e. The molecule has 0 amide bonds. The van der Waals surface area contributed by atoms with E-state index in [4.69, 9.17) is 68.0 Å². The van der Waals surface area contributed by atoms with Crippen LogP contribution in [0.5, 0.6) is 0 Å². The van der Waals surface area contributed by atoms with Gasteiger partial charge in [-0.25, -0.2) is 9.97 Å². The molecule has 0 saturated heterocycles. The summed E-state index contributed by atoms with van der Waals surface area (Å²) in [6.45, 7) is 21.6. The van der Waals surface area contributed by atoms with Crippen LogP contribution >= 0.6 is 58.0 Å². The highest BCUT2D eigenvalue weighted by molar-refractivity contribution is 6.69. The highest BCUT2D eigenvalue weighted by Crippen LogP contribution is 2.28. The summed E-state index contributed by atoms with van der Waals surface area (Å²) in [7, 11) is 0. The number of halogens is 5. The van der Waals surface area contributed by atoms with E-state index in [0.29, 0.717) is 15.7 Å². The van der Waals surface area contributed by atoms with Crippen LogP contribution in [0.4, 0.5) is 0 Å². The van der Waals surface area contributed by atoms with Crippen LogP contribution in [0.2, 0.25) is 20.4 Å². The Bertz CT molecular complexity index is 1080. The van der Waals surface area contributed by atoms with Gasteiger partial charge in [0.2, 0.25) is 0 Å². The number of aromatic nitrogens is 2. The van der Waals surface area contributed by atoms with Gasteiger partial charge in [-0.3, -0.25) is 0 Å². The Kier molecular flexibility index (Phi) is 17.8. The van der Waals surface area contributed by atoms with Crippen molar-refractivity contribution in [2.75, 3.05) is 19.6 Å². The molecule has 0 saturated carbocycles. The number of nitrogens with zero attached hydrogens (tertiary/aromatic N) is 5. The minimum Gasteiger partial charge on any atom is -0.410 e. The second kappa shape index (κ2) is 18.6. The zero-order valence-electron chi connectivity index (χ0n) is 22.8. The molecule has 7 nitrogen and oxygen atoms in total. The molecule has 0 atom stereocenters. The van der Waals surface area contributed by atoms with E-state index in [-0.39, 0.29) is 20.9 Å². The summed E-state index contributed by atoms with van der Waals surface area (Å²) >= 11 is 28.2. The lowest BCUT2D eigenvalue weighted by molar-refractivity contribution is 0.0123. The van der Waals surface area contributed by atoms with Crippen molar-refractivity contribution in [3.05, 3.63) is 68.2 Å². The van der Waals surface area contributed by atoms with E-state index >= 15 is 0 Å². The molecule has 0 fully saturated rings. The minimum atomic E-state index is -0.249. The highest BCUT2D eigenvalue weighted by Gasteiger charge is 2.29. The van der Waals surface area contributed by atoms with Crippen LogP contribution in [-0.2, 0) is 4.84 Å². The molecular weight excluding hydrogens is 592 g/mol. The summed E-state index contributed by atoms with van der Waals surface area (Å²) in [5.41, 5.74) is 3.04. The van der Waals surface area contributed by atoms with E-state index in [1.54, 1.807) is 12.3 Å². The van der Waals surface area contributed by atoms with E-state index in [9.17, 15) is 0 Å². The number of hydrogen-bond acceptors (Lipinski definition) is 7. The van der Waals surface area contributed by atoms with Crippen LogP contribution in [-0.4, -0.2) is 56.2 Å². The fourth-order valence-electron chi connectivity index (χ4n) is 2.64. The lowest BCUT2D eigenvalue weighted by Gasteiger charge is -2.13. The van der Waals surface area contributed by atoms with Gasteiger partial charge < -0.3 is 14.9 Å². The third-order valence-electron chi connectivity index (χ3n) is 4.59. The molecule has 2 aromatic heterocycles. The molecule has 2 aromatic rings. The van der Waals surface area contributed by atoms with Crippen LogP contribution in [0.3, 0.4) is 0 Å². The Morgan fingerprint density at radius 2 is 1.47 bits per heavy atom. The number of hydrogen-bond donors (Lipinski definition) is 1. The van der Waals surface area contributed by atoms with Crippen LogP contribution < -0.4 is 0 Å². The van der Waals surface area contributed by atoms with Crippen LogP contribution in [0.15, 0.2) is 47.0 Å². The molecule has 212 valence electrons. The number of oxime groups is 2.